The molecule has 0 saturated carbocycles. The van der Waals surface area contributed by atoms with Crippen molar-refractivity contribution in [3.63, 3.8) is 0 Å². The van der Waals surface area contributed by atoms with Crippen molar-refractivity contribution >= 4 is 5.97 Å². The summed E-state index contributed by atoms with van der Waals surface area (Å²) in [4.78, 5) is 11.2. The Hall–Kier alpha value is -2.49. The second-order valence-corrected chi connectivity index (χ2v) is 3.92. The number of carboxylic acid groups (broad SMARTS) is 1. The molecule has 0 radical (unpaired) electrons. The summed E-state index contributed by atoms with van der Waals surface area (Å²) in [6.45, 7) is 0. The monoisotopic (exact) mass is 258 g/mol. The summed E-state index contributed by atoms with van der Waals surface area (Å²) in [5, 5.41) is 9.21. The van der Waals surface area contributed by atoms with Crippen LogP contribution in [-0.4, -0.2) is 25.3 Å². The Morgan fingerprint density at radius 2 is 1.63 bits per heavy atom. The number of carbonyl (C=O) groups is 1. The molecular weight excluding hydrogens is 244 g/mol. The summed E-state index contributed by atoms with van der Waals surface area (Å²) >= 11 is 0. The zero-order chi connectivity index (χ0) is 13.8. The number of methoxy groups -OCH3 is 2. The van der Waals surface area contributed by atoms with E-state index in [4.69, 9.17) is 9.47 Å². The number of carboxylic acids is 1. The zero-order valence-electron chi connectivity index (χ0n) is 10.7. The molecular formula is C15H14O4. The van der Waals surface area contributed by atoms with E-state index in [2.05, 4.69) is 0 Å². The lowest BCUT2D eigenvalue weighted by molar-refractivity contribution is 0.0693. The van der Waals surface area contributed by atoms with Gasteiger partial charge in [-0.3, -0.25) is 0 Å². The maximum atomic E-state index is 11.2. The Morgan fingerprint density at radius 3 is 2.16 bits per heavy atom. The van der Waals surface area contributed by atoms with E-state index < -0.39 is 5.97 Å². The Morgan fingerprint density at radius 1 is 1.00 bits per heavy atom. The summed E-state index contributed by atoms with van der Waals surface area (Å²) in [6.07, 6.45) is 0. The highest BCUT2D eigenvalue weighted by Crippen LogP contribution is 2.35. The molecule has 0 saturated heterocycles. The summed E-state index contributed by atoms with van der Waals surface area (Å²) in [5.74, 6) is -0.172. The smallest absolute Gasteiger partial charge is 0.339 e. The van der Waals surface area contributed by atoms with Crippen molar-refractivity contribution in [3.05, 3.63) is 48.0 Å². The van der Waals surface area contributed by atoms with E-state index in [1.807, 2.05) is 30.3 Å². The van der Waals surface area contributed by atoms with Gasteiger partial charge in [0.2, 0.25) is 0 Å². The van der Waals surface area contributed by atoms with Crippen molar-refractivity contribution in [2.45, 2.75) is 0 Å². The maximum absolute atomic E-state index is 11.2. The Kier molecular flexibility index (Phi) is 3.71. The van der Waals surface area contributed by atoms with Gasteiger partial charge in [-0.15, -0.1) is 0 Å². The van der Waals surface area contributed by atoms with Crippen LogP contribution in [0, 0.1) is 0 Å². The molecule has 4 nitrogen and oxygen atoms in total. The van der Waals surface area contributed by atoms with Gasteiger partial charge < -0.3 is 14.6 Å². The second kappa shape index (κ2) is 5.44. The van der Waals surface area contributed by atoms with Gasteiger partial charge in [0.25, 0.3) is 0 Å². The first-order valence-electron chi connectivity index (χ1n) is 5.72. The predicted octanol–water partition coefficient (Wildman–Crippen LogP) is 3.07. The van der Waals surface area contributed by atoms with Gasteiger partial charge in [0.15, 0.2) is 0 Å². The third-order valence-corrected chi connectivity index (χ3v) is 2.84. The Labute approximate surface area is 111 Å². The molecule has 0 fully saturated rings. The van der Waals surface area contributed by atoms with E-state index in [0.29, 0.717) is 5.75 Å². The summed E-state index contributed by atoms with van der Waals surface area (Å²) < 4.78 is 10.4. The van der Waals surface area contributed by atoms with E-state index in [1.54, 1.807) is 19.2 Å². The molecule has 0 aliphatic carbocycles. The molecule has 98 valence electrons. The number of hydrogen-bond donors (Lipinski definition) is 1. The third kappa shape index (κ3) is 2.52. The largest absolute Gasteiger partial charge is 0.496 e. The average Bonchev–Trinajstić information content (AvgIpc) is 2.46. The van der Waals surface area contributed by atoms with Crippen LogP contribution in [0.1, 0.15) is 10.4 Å². The minimum absolute atomic E-state index is 0.113. The first kappa shape index (κ1) is 13.0. The highest BCUT2D eigenvalue weighted by molar-refractivity contribution is 5.94. The third-order valence-electron chi connectivity index (χ3n) is 2.84. The van der Waals surface area contributed by atoms with Gasteiger partial charge >= 0.3 is 5.97 Å². The molecule has 2 rings (SSSR count). The van der Waals surface area contributed by atoms with Crippen LogP contribution in [0.25, 0.3) is 11.1 Å². The van der Waals surface area contributed by atoms with Gasteiger partial charge in [-0.2, -0.15) is 0 Å². The Bertz CT molecular complexity index is 591. The minimum Gasteiger partial charge on any atom is -0.496 e. The van der Waals surface area contributed by atoms with Gasteiger partial charge in [0.1, 0.15) is 17.1 Å². The standard InChI is InChI=1S/C15H14O4/c1-18-13-9-14(19-2)12(15(16)17)8-11(13)10-6-4-3-5-7-10/h3-9H,1-2H3,(H,16,17). The fourth-order valence-electron chi connectivity index (χ4n) is 1.91. The number of rotatable bonds is 4. The van der Waals surface area contributed by atoms with E-state index >= 15 is 0 Å². The van der Waals surface area contributed by atoms with Crippen LogP contribution >= 0.6 is 0 Å². The Balaban J connectivity index is 2.66. The normalized spacial score (nSPS) is 10.0. The summed E-state index contributed by atoms with van der Waals surface area (Å²) in [7, 11) is 2.98. The molecule has 0 atom stereocenters. The van der Waals surface area contributed by atoms with Gasteiger partial charge in [0, 0.05) is 11.6 Å². The topological polar surface area (TPSA) is 55.8 Å². The van der Waals surface area contributed by atoms with E-state index in [1.165, 1.54) is 7.11 Å². The second-order valence-electron chi connectivity index (χ2n) is 3.92. The molecule has 0 amide bonds. The van der Waals surface area contributed by atoms with Crippen LogP contribution in [0.2, 0.25) is 0 Å². The molecule has 0 aliphatic rings. The predicted molar refractivity (Wildman–Crippen MR) is 71.9 cm³/mol. The van der Waals surface area contributed by atoms with E-state index in [-0.39, 0.29) is 11.3 Å². The number of aromatic carboxylic acids is 1. The van der Waals surface area contributed by atoms with Gasteiger partial charge in [-0.05, 0) is 11.6 Å². The van der Waals surface area contributed by atoms with Crippen LogP contribution in [0.5, 0.6) is 11.5 Å². The van der Waals surface area contributed by atoms with Crippen LogP contribution in [-0.2, 0) is 0 Å². The number of ether oxygens (including phenoxy) is 2. The summed E-state index contributed by atoms with van der Waals surface area (Å²) in [5.41, 5.74) is 1.73. The van der Waals surface area contributed by atoms with Crippen LogP contribution in [0.4, 0.5) is 0 Å². The first-order chi connectivity index (χ1) is 9.17. The molecule has 2 aromatic carbocycles. The lowest BCUT2D eigenvalue weighted by atomic mass is 10.0. The van der Waals surface area contributed by atoms with Gasteiger partial charge in [-0.25, -0.2) is 4.79 Å². The molecule has 2 aromatic rings. The fourth-order valence-corrected chi connectivity index (χ4v) is 1.91. The zero-order valence-corrected chi connectivity index (χ0v) is 10.7. The SMILES string of the molecule is COc1cc(OC)c(-c2ccccc2)cc1C(=O)O. The minimum atomic E-state index is -1.03. The maximum Gasteiger partial charge on any atom is 0.339 e. The number of hydrogen-bond acceptors (Lipinski definition) is 3. The molecule has 0 aromatic heterocycles. The fraction of sp³-hybridized carbons (Fsp3) is 0.133. The molecule has 0 unspecified atom stereocenters. The van der Waals surface area contributed by atoms with Crippen LogP contribution in [0.3, 0.4) is 0 Å². The van der Waals surface area contributed by atoms with Crippen molar-refractivity contribution in [1.82, 2.24) is 0 Å². The first-order valence-corrected chi connectivity index (χ1v) is 5.72. The van der Waals surface area contributed by atoms with Crippen molar-refractivity contribution in [2.75, 3.05) is 14.2 Å². The molecule has 0 bridgehead atoms. The molecule has 1 N–H and O–H groups in total. The van der Waals surface area contributed by atoms with Crippen molar-refractivity contribution in [3.8, 4) is 22.6 Å². The van der Waals surface area contributed by atoms with E-state index in [9.17, 15) is 9.90 Å². The molecule has 19 heavy (non-hydrogen) atoms. The molecule has 0 heterocycles. The quantitative estimate of drug-likeness (QED) is 0.915. The van der Waals surface area contributed by atoms with Crippen molar-refractivity contribution in [2.24, 2.45) is 0 Å². The van der Waals surface area contributed by atoms with Gasteiger partial charge in [-0.1, -0.05) is 30.3 Å². The number of benzene rings is 2. The average molecular weight is 258 g/mol. The van der Waals surface area contributed by atoms with Crippen molar-refractivity contribution < 1.29 is 19.4 Å². The van der Waals surface area contributed by atoms with E-state index in [0.717, 1.165) is 11.1 Å². The van der Waals surface area contributed by atoms with Crippen LogP contribution < -0.4 is 9.47 Å². The lowest BCUT2D eigenvalue weighted by Gasteiger charge is -2.13. The highest BCUT2D eigenvalue weighted by Gasteiger charge is 2.16. The summed E-state index contributed by atoms with van der Waals surface area (Å²) in [6, 6.07) is 12.6. The molecule has 4 heteroatoms. The molecule has 0 aliphatic heterocycles. The highest BCUT2D eigenvalue weighted by atomic mass is 16.5. The molecule has 0 spiro atoms. The van der Waals surface area contributed by atoms with Gasteiger partial charge in [0.05, 0.1) is 14.2 Å². The lowest BCUT2D eigenvalue weighted by Crippen LogP contribution is -2.02. The van der Waals surface area contributed by atoms with Crippen molar-refractivity contribution in [1.29, 1.82) is 0 Å². The van der Waals surface area contributed by atoms with Crippen LogP contribution in [0.15, 0.2) is 42.5 Å².